The quantitative estimate of drug-likeness (QED) is 0.439. The van der Waals surface area contributed by atoms with Crippen molar-refractivity contribution in [3.05, 3.63) is 106 Å². The van der Waals surface area contributed by atoms with Crippen LogP contribution in [0.3, 0.4) is 0 Å². The SMILES string of the molecule is N#Cc1ccc(C#C[C@@]2(c3cccc(Br)c3)CN(Cc3ccccc3)C2=O)cc1. The molecule has 0 radical (unpaired) electrons. The number of benzene rings is 3. The second kappa shape index (κ2) is 7.95. The highest BCUT2D eigenvalue weighted by Gasteiger charge is 2.52. The molecule has 3 nitrogen and oxygen atoms in total. The number of carbonyl (C=O) groups excluding carboxylic acids is 1. The molecule has 0 unspecified atom stereocenters. The first-order valence-electron chi connectivity index (χ1n) is 9.23. The van der Waals surface area contributed by atoms with E-state index in [1.807, 2.05) is 71.6 Å². The first kappa shape index (κ1) is 19.0. The summed E-state index contributed by atoms with van der Waals surface area (Å²) in [5, 5.41) is 8.95. The molecule has 1 aliphatic heterocycles. The van der Waals surface area contributed by atoms with Crippen LogP contribution in [0.5, 0.6) is 0 Å². The third-order valence-electron chi connectivity index (χ3n) is 5.05. The largest absolute Gasteiger partial charge is 0.334 e. The molecule has 0 aliphatic carbocycles. The van der Waals surface area contributed by atoms with Crippen LogP contribution in [0.4, 0.5) is 0 Å². The van der Waals surface area contributed by atoms with E-state index < -0.39 is 5.41 Å². The van der Waals surface area contributed by atoms with E-state index in [0.29, 0.717) is 18.7 Å². The van der Waals surface area contributed by atoms with E-state index in [0.717, 1.165) is 21.2 Å². The number of nitriles is 1. The smallest absolute Gasteiger partial charge is 0.247 e. The molecule has 29 heavy (non-hydrogen) atoms. The van der Waals surface area contributed by atoms with Gasteiger partial charge in [-0.05, 0) is 47.5 Å². The Hall–Kier alpha value is -3.34. The maximum atomic E-state index is 13.3. The Kier molecular flexibility index (Phi) is 5.21. The van der Waals surface area contributed by atoms with Crippen LogP contribution < -0.4 is 0 Å². The fourth-order valence-electron chi connectivity index (χ4n) is 3.48. The number of amides is 1. The first-order chi connectivity index (χ1) is 14.1. The van der Waals surface area contributed by atoms with Crippen molar-refractivity contribution in [2.45, 2.75) is 12.0 Å². The van der Waals surface area contributed by atoms with E-state index in [-0.39, 0.29) is 5.91 Å². The third kappa shape index (κ3) is 3.81. The number of halogens is 1. The van der Waals surface area contributed by atoms with Crippen molar-refractivity contribution in [2.24, 2.45) is 0 Å². The number of hydrogen-bond donors (Lipinski definition) is 0. The van der Waals surface area contributed by atoms with Crippen LogP contribution in [-0.2, 0) is 16.8 Å². The lowest BCUT2D eigenvalue weighted by Crippen LogP contribution is -2.63. The molecule has 3 aromatic carbocycles. The molecule has 0 bridgehead atoms. The molecule has 1 aliphatic rings. The summed E-state index contributed by atoms with van der Waals surface area (Å²) in [6.45, 7) is 1.12. The molecule has 1 heterocycles. The highest BCUT2D eigenvalue weighted by atomic mass is 79.9. The molecule has 1 saturated heterocycles. The van der Waals surface area contributed by atoms with Crippen LogP contribution in [0, 0.1) is 23.2 Å². The van der Waals surface area contributed by atoms with Gasteiger partial charge in [-0.25, -0.2) is 0 Å². The highest BCUT2D eigenvalue weighted by molar-refractivity contribution is 9.10. The van der Waals surface area contributed by atoms with Crippen LogP contribution >= 0.6 is 15.9 Å². The summed E-state index contributed by atoms with van der Waals surface area (Å²) in [5.41, 5.74) is 2.51. The lowest BCUT2D eigenvalue weighted by Gasteiger charge is -2.46. The lowest BCUT2D eigenvalue weighted by molar-refractivity contribution is -0.148. The molecule has 0 aromatic heterocycles. The monoisotopic (exact) mass is 440 g/mol. The second-order valence-corrected chi connectivity index (χ2v) is 7.92. The summed E-state index contributed by atoms with van der Waals surface area (Å²) in [7, 11) is 0. The van der Waals surface area contributed by atoms with Crippen LogP contribution in [0.1, 0.15) is 22.3 Å². The molecule has 4 rings (SSSR count). The zero-order chi connectivity index (χ0) is 20.3. The van der Waals surface area contributed by atoms with Crippen LogP contribution in [0.25, 0.3) is 0 Å². The minimum atomic E-state index is -0.855. The molecular formula is C25H17BrN2O. The Balaban J connectivity index is 1.66. The third-order valence-corrected chi connectivity index (χ3v) is 5.54. The zero-order valence-corrected chi connectivity index (χ0v) is 17.2. The lowest BCUT2D eigenvalue weighted by atomic mass is 9.73. The van der Waals surface area contributed by atoms with Crippen molar-refractivity contribution in [3.63, 3.8) is 0 Å². The molecule has 140 valence electrons. The van der Waals surface area contributed by atoms with Gasteiger partial charge in [0.05, 0.1) is 18.2 Å². The van der Waals surface area contributed by atoms with Gasteiger partial charge in [0.15, 0.2) is 5.41 Å². The maximum absolute atomic E-state index is 13.3. The fourth-order valence-corrected chi connectivity index (χ4v) is 3.88. The molecule has 0 spiro atoms. The van der Waals surface area contributed by atoms with Crippen LogP contribution in [-0.4, -0.2) is 17.4 Å². The normalized spacial score (nSPS) is 17.7. The molecule has 1 atom stereocenters. The van der Waals surface area contributed by atoms with Crippen molar-refractivity contribution in [1.29, 1.82) is 5.26 Å². The summed E-state index contributed by atoms with van der Waals surface area (Å²) >= 11 is 3.50. The van der Waals surface area contributed by atoms with E-state index in [9.17, 15) is 4.79 Å². The number of β-lactam (4-membered cyclic amide) rings is 1. The molecule has 1 fully saturated rings. The average Bonchev–Trinajstić information content (AvgIpc) is 2.76. The van der Waals surface area contributed by atoms with Crippen molar-refractivity contribution >= 4 is 21.8 Å². The van der Waals surface area contributed by atoms with Crippen LogP contribution in [0.2, 0.25) is 0 Å². The number of rotatable bonds is 3. The first-order valence-corrected chi connectivity index (χ1v) is 10.0. The summed E-state index contributed by atoms with van der Waals surface area (Å²) in [6.07, 6.45) is 0. The van der Waals surface area contributed by atoms with Gasteiger partial charge in [0, 0.05) is 16.6 Å². The molecule has 0 saturated carbocycles. The summed E-state index contributed by atoms with van der Waals surface area (Å²) in [5.74, 6) is 6.41. The fraction of sp³-hybridized carbons (Fsp3) is 0.120. The van der Waals surface area contributed by atoms with E-state index in [1.54, 1.807) is 12.1 Å². The van der Waals surface area contributed by atoms with E-state index in [4.69, 9.17) is 5.26 Å². The van der Waals surface area contributed by atoms with Gasteiger partial charge >= 0.3 is 0 Å². The molecule has 4 heteroatoms. The van der Waals surface area contributed by atoms with Gasteiger partial charge in [-0.2, -0.15) is 5.26 Å². The van der Waals surface area contributed by atoms with Gasteiger partial charge in [0.25, 0.3) is 0 Å². The van der Waals surface area contributed by atoms with Gasteiger partial charge in [0.1, 0.15) is 0 Å². The predicted octanol–water partition coefficient (Wildman–Crippen LogP) is 4.65. The Bertz CT molecular complexity index is 1150. The van der Waals surface area contributed by atoms with Gasteiger partial charge in [-0.15, -0.1) is 0 Å². The number of likely N-dealkylation sites (tertiary alicyclic amines) is 1. The second-order valence-electron chi connectivity index (χ2n) is 7.00. The Labute approximate surface area is 178 Å². The van der Waals surface area contributed by atoms with Crippen molar-refractivity contribution in [1.82, 2.24) is 4.90 Å². The van der Waals surface area contributed by atoms with E-state index in [1.165, 1.54) is 0 Å². The average molecular weight is 441 g/mol. The van der Waals surface area contributed by atoms with Gasteiger partial charge < -0.3 is 4.90 Å². The topological polar surface area (TPSA) is 44.1 Å². The minimum Gasteiger partial charge on any atom is -0.334 e. The predicted molar refractivity (Wildman–Crippen MR) is 116 cm³/mol. The Morgan fingerprint density at radius 2 is 1.69 bits per heavy atom. The number of hydrogen-bond acceptors (Lipinski definition) is 2. The van der Waals surface area contributed by atoms with Gasteiger partial charge in [-0.1, -0.05) is 70.2 Å². The maximum Gasteiger partial charge on any atom is 0.247 e. The highest BCUT2D eigenvalue weighted by Crippen LogP contribution is 2.37. The summed E-state index contributed by atoms with van der Waals surface area (Å²) in [6, 6.07) is 27.0. The van der Waals surface area contributed by atoms with Gasteiger partial charge in [0.2, 0.25) is 5.91 Å². The van der Waals surface area contributed by atoms with Crippen molar-refractivity contribution < 1.29 is 4.79 Å². The minimum absolute atomic E-state index is 0.0144. The summed E-state index contributed by atoms with van der Waals surface area (Å²) < 4.78 is 0.920. The molecular weight excluding hydrogens is 424 g/mol. The Morgan fingerprint density at radius 1 is 0.966 bits per heavy atom. The molecule has 0 N–H and O–H groups in total. The summed E-state index contributed by atoms with van der Waals surface area (Å²) in [4.78, 5) is 15.1. The van der Waals surface area contributed by atoms with Gasteiger partial charge in [-0.3, -0.25) is 4.79 Å². The molecule has 3 aromatic rings. The van der Waals surface area contributed by atoms with E-state index >= 15 is 0 Å². The van der Waals surface area contributed by atoms with Crippen molar-refractivity contribution in [2.75, 3.05) is 6.54 Å². The Morgan fingerprint density at radius 3 is 2.34 bits per heavy atom. The standard InChI is InChI=1S/C25H17BrN2O/c26-23-8-4-7-22(15-23)25(14-13-19-9-11-20(16-27)12-10-19)18-28(24(25)29)17-21-5-2-1-3-6-21/h1-12,15H,17-18H2/t25-/m0/s1. The molecule has 1 amide bonds. The number of carbonyl (C=O) groups is 1. The zero-order valence-electron chi connectivity index (χ0n) is 15.6. The van der Waals surface area contributed by atoms with Crippen LogP contribution in [0.15, 0.2) is 83.3 Å². The van der Waals surface area contributed by atoms with E-state index in [2.05, 4.69) is 33.8 Å². The van der Waals surface area contributed by atoms with Crippen molar-refractivity contribution in [3.8, 4) is 17.9 Å². The number of nitrogens with zero attached hydrogens (tertiary/aromatic N) is 2.